The highest BCUT2D eigenvalue weighted by Crippen LogP contribution is 2.23. The van der Waals surface area contributed by atoms with Crippen molar-refractivity contribution in [3.8, 4) is 5.75 Å². The number of anilines is 1. The van der Waals surface area contributed by atoms with Crippen LogP contribution in [0.1, 0.15) is 25.5 Å². The number of methoxy groups -OCH3 is 1. The summed E-state index contributed by atoms with van der Waals surface area (Å²) < 4.78 is 32.4. The molecule has 0 radical (unpaired) electrons. The molecule has 1 aliphatic rings. The highest BCUT2D eigenvalue weighted by molar-refractivity contribution is 7.93. The minimum absolute atomic E-state index is 0.0383. The predicted molar refractivity (Wildman–Crippen MR) is 105 cm³/mol. The predicted octanol–water partition coefficient (Wildman–Crippen LogP) is 2.75. The Morgan fingerprint density at radius 2 is 2.11 bits per heavy atom. The monoisotopic (exact) mass is 409 g/mol. The molecule has 1 aromatic heterocycles. The van der Waals surface area contributed by atoms with E-state index in [-0.39, 0.29) is 22.4 Å². The third-order valence-electron chi connectivity index (χ3n) is 4.49. The number of benzene rings is 1. The van der Waals surface area contributed by atoms with E-state index in [4.69, 9.17) is 4.74 Å². The van der Waals surface area contributed by atoms with Crippen LogP contribution < -0.4 is 9.46 Å². The summed E-state index contributed by atoms with van der Waals surface area (Å²) in [4.78, 5) is 18.7. The number of amides is 1. The number of hydrogen-bond acceptors (Lipinski definition) is 6. The summed E-state index contributed by atoms with van der Waals surface area (Å²) in [7, 11) is -2.22. The lowest BCUT2D eigenvalue weighted by molar-refractivity contribution is -0.132. The third kappa shape index (κ3) is 4.98. The normalized spacial score (nSPS) is 17.6. The molecule has 1 N–H and O–H groups in total. The molecule has 2 heterocycles. The van der Waals surface area contributed by atoms with Crippen LogP contribution in [0.5, 0.6) is 5.75 Å². The first-order valence-corrected chi connectivity index (χ1v) is 11.1. The SMILES string of the molecule is COc1ccc(S(=O)(=O)Nc2nc(CC(=O)N3CCC[C@@H](C)C3)cs2)cc1. The summed E-state index contributed by atoms with van der Waals surface area (Å²) in [5.74, 6) is 1.14. The summed E-state index contributed by atoms with van der Waals surface area (Å²) in [5.41, 5.74) is 0.579. The zero-order chi connectivity index (χ0) is 19.4. The Morgan fingerprint density at radius 1 is 1.37 bits per heavy atom. The molecule has 27 heavy (non-hydrogen) atoms. The molecule has 1 atom stereocenters. The molecule has 7 nitrogen and oxygen atoms in total. The Morgan fingerprint density at radius 3 is 2.78 bits per heavy atom. The maximum atomic E-state index is 12.5. The van der Waals surface area contributed by atoms with E-state index >= 15 is 0 Å². The first kappa shape index (κ1) is 19.6. The lowest BCUT2D eigenvalue weighted by Gasteiger charge is -2.30. The summed E-state index contributed by atoms with van der Waals surface area (Å²) in [6.07, 6.45) is 2.36. The van der Waals surface area contributed by atoms with Crippen molar-refractivity contribution in [2.24, 2.45) is 5.92 Å². The van der Waals surface area contributed by atoms with Gasteiger partial charge in [-0.1, -0.05) is 6.92 Å². The van der Waals surface area contributed by atoms with Crippen molar-refractivity contribution in [1.29, 1.82) is 0 Å². The number of piperidine rings is 1. The van der Waals surface area contributed by atoms with Gasteiger partial charge in [-0.15, -0.1) is 11.3 Å². The minimum atomic E-state index is -3.73. The molecule has 1 aliphatic heterocycles. The van der Waals surface area contributed by atoms with E-state index in [1.54, 1.807) is 17.5 Å². The number of sulfonamides is 1. The summed E-state index contributed by atoms with van der Waals surface area (Å²) in [6, 6.07) is 6.10. The molecule has 0 bridgehead atoms. The second-order valence-electron chi connectivity index (χ2n) is 6.69. The van der Waals surface area contributed by atoms with Crippen LogP contribution in [0.3, 0.4) is 0 Å². The van der Waals surface area contributed by atoms with Crippen molar-refractivity contribution in [2.45, 2.75) is 31.1 Å². The lowest BCUT2D eigenvalue weighted by atomic mass is 10.00. The number of nitrogens with zero attached hydrogens (tertiary/aromatic N) is 2. The fraction of sp³-hybridized carbons (Fsp3) is 0.444. The van der Waals surface area contributed by atoms with Gasteiger partial charge in [-0.2, -0.15) is 0 Å². The van der Waals surface area contributed by atoms with Crippen LogP contribution in [-0.2, 0) is 21.2 Å². The smallest absolute Gasteiger partial charge is 0.263 e. The van der Waals surface area contributed by atoms with Crippen LogP contribution in [-0.4, -0.2) is 44.4 Å². The van der Waals surface area contributed by atoms with E-state index in [2.05, 4.69) is 16.6 Å². The van der Waals surface area contributed by atoms with E-state index < -0.39 is 10.0 Å². The van der Waals surface area contributed by atoms with E-state index in [1.807, 2.05) is 4.90 Å². The first-order valence-electron chi connectivity index (χ1n) is 8.76. The number of nitrogens with one attached hydrogen (secondary N) is 1. The van der Waals surface area contributed by atoms with E-state index in [0.29, 0.717) is 17.4 Å². The fourth-order valence-corrected chi connectivity index (χ4v) is 5.01. The molecule has 3 rings (SSSR count). The van der Waals surface area contributed by atoms with Gasteiger partial charge in [0.15, 0.2) is 5.13 Å². The average molecular weight is 410 g/mol. The fourth-order valence-electron chi connectivity index (χ4n) is 3.05. The van der Waals surface area contributed by atoms with Crippen LogP contribution in [0.2, 0.25) is 0 Å². The average Bonchev–Trinajstić information content (AvgIpc) is 3.07. The van der Waals surface area contributed by atoms with Gasteiger partial charge in [0.2, 0.25) is 5.91 Å². The number of ether oxygens (including phenoxy) is 1. The van der Waals surface area contributed by atoms with E-state index in [9.17, 15) is 13.2 Å². The van der Waals surface area contributed by atoms with Crippen molar-refractivity contribution in [1.82, 2.24) is 9.88 Å². The summed E-state index contributed by atoms with van der Waals surface area (Å²) >= 11 is 1.17. The molecule has 1 amide bonds. The molecular weight excluding hydrogens is 386 g/mol. The number of rotatable bonds is 6. The zero-order valence-electron chi connectivity index (χ0n) is 15.3. The van der Waals surface area contributed by atoms with Gasteiger partial charge in [-0.05, 0) is 43.0 Å². The Hall–Kier alpha value is -2.13. The van der Waals surface area contributed by atoms with Crippen LogP contribution in [0.15, 0.2) is 34.5 Å². The third-order valence-corrected chi connectivity index (χ3v) is 6.78. The molecule has 0 unspecified atom stereocenters. The maximum Gasteiger partial charge on any atom is 0.263 e. The number of aromatic nitrogens is 1. The molecular formula is C18H23N3O4S2. The largest absolute Gasteiger partial charge is 0.497 e. The van der Waals surface area contributed by atoms with E-state index in [0.717, 1.165) is 25.9 Å². The van der Waals surface area contributed by atoms with Crippen LogP contribution >= 0.6 is 11.3 Å². The van der Waals surface area contributed by atoms with Crippen molar-refractivity contribution in [2.75, 3.05) is 24.9 Å². The molecule has 1 saturated heterocycles. The van der Waals surface area contributed by atoms with Gasteiger partial charge in [-0.25, -0.2) is 13.4 Å². The highest BCUT2D eigenvalue weighted by Gasteiger charge is 2.22. The summed E-state index contributed by atoms with van der Waals surface area (Å²) in [5, 5.41) is 1.97. The number of hydrogen-bond donors (Lipinski definition) is 1. The molecule has 2 aromatic rings. The Balaban J connectivity index is 1.63. The minimum Gasteiger partial charge on any atom is -0.497 e. The quantitative estimate of drug-likeness (QED) is 0.792. The molecule has 146 valence electrons. The zero-order valence-corrected chi connectivity index (χ0v) is 17.0. The summed E-state index contributed by atoms with van der Waals surface area (Å²) in [6.45, 7) is 3.71. The number of carbonyl (C=O) groups is 1. The Labute approximate surface area is 163 Å². The van der Waals surface area contributed by atoms with Gasteiger partial charge in [0, 0.05) is 18.5 Å². The highest BCUT2D eigenvalue weighted by atomic mass is 32.2. The van der Waals surface area contributed by atoms with Gasteiger partial charge >= 0.3 is 0 Å². The second kappa shape index (κ2) is 8.26. The number of likely N-dealkylation sites (tertiary alicyclic amines) is 1. The lowest BCUT2D eigenvalue weighted by Crippen LogP contribution is -2.39. The van der Waals surface area contributed by atoms with Crippen LogP contribution in [0.4, 0.5) is 5.13 Å². The second-order valence-corrected chi connectivity index (χ2v) is 9.23. The molecule has 0 aliphatic carbocycles. The number of thiazole rings is 1. The van der Waals surface area contributed by atoms with Crippen LogP contribution in [0, 0.1) is 5.92 Å². The van der Waals surface area contributed by atoms with Gasteiger partial charge in [-0.3, -0.25) is 9.52 Å². The van der Waals surface area contributed by atoms with Crippen LogP contribution in [0.25, 0.3) is 0 Å². The van der Waals surface area contributed by atoms with Crippen molar-refractivity contribution >= 4 is 32.4 Å². The van der Waals surface area contributed by atoms with Gasteiger partial charge in [0.1, 0.15) is 5.75 Å². The molecule has 1 aromatic carbocycles. The van der Waals surface area contributed by atoms with Crippen molar-refractivity contribution < 1.29 is 17.9 Å². The molecule has 1 fully saturated rings. The van der Waals surface area contributed by atoms with Gasteiger partial charge < -0.3 is 9.64 Å². The van der Waals surface area contributed by atoms with Crippen molar-refractivity contribution in [3.05, 3.63) is 35.3 Å². The van der Waals surface area contributed by atoms with Crippen molar-refractivity contribution in [3.63, 3.8) is 0 Å². The topological polar surface area (TPSA) is 88.6 Å². The first-order chi connectivity index (χ1) is 12.9. The standard InChI is InChI=1S/C18H23N3O4S2/c1-13-4-3-9-21(11-13)17(22)10-14-12-26-18(19-14)20-27(23,24)16-7-5-15(25-2)6-8-16/h5-8,12-13H,3-4,9-11H2,1-2H3,(H,19,20)/t13-/m1/s1. The molecule has 9 heteroatoms. The molecule has 0 saturated carbocycles. The number of carbonyl (C=O) groups excluding carboxylic acids is 1. The van der Waals surface area contributed by atoms with Gasteiger partial charge in [0.25, 0.3) is 10.0 Å². The molecule has 0 spiro atoms. The maximum absolute atomic E-state index is 12.5. The van der Waals surface area contributed by atoms with Gasteiger partial charge in [0.05, 0.1) is 24.1 Å². The van der Waals surface area contributed by atoms with E-state index in [1.165, 1.54) is 30.6 Å². The Kier molecular flexibility index (Phi) is 6.01. The Bertz CT molecular complexity index is 894.